The van der Waals surface area contributed by atoms with E-state index in [1.165, 1.54) is 20.3 Å². The molecular weight excluding hydrogens is 351 g/mol. The maximum atomic E-state index is 13.3. The maximum absolute atomic E-state index is 13.3. The van der Waals surface area contributed by atoms with Gasteiger partial charge in [-0.3, -0.25) is 4.57 Å². The monoisotopic (exact) mass is 378 g/mol. The summed E-state index contributed by atoms with van der Waals surface area (Å²) in [5.74, 6) is -0.287. The van der Waals surface area contributed by atoms with Crippen molar-refractivity contribution in [1.29, 1.82) is 0 Å². The second kappa shape index (κ2) is 10.7. The van der Waals surface area contributed by atoms with Crippen LogP contribution in [0.1, 0.15) is 49.2 Å². The minimum atomic E-state index is -3.57. The summed E-state index contributed by atoms with van der Waals surface area (Å²) >= 11 is 0. The van der Waals surface area contributed by atoms with Crippen molar-refractivity contribution in [3.8, 4) is 0 Å². The van der Waals surface area contributed by atoms with Crippen molar-refractivity contribution in [3.05, 3.63) is 23.7 Å². The molecule has 1 atom stereocenters. The van der Waals surface area contributed by atoms with Gasteiger partial charge in [0.25, 0.3) is 0 Å². The summed E-state index contributed by atoms with van der Waals surface area (Å²) in [5.41, 5.74) is -0.791. The van der Waals surface area contributed by atoms with Crippen LogP contribution in [-0.2, 0) is 27.8 Å². The number of esters is 1. The zero-order chi connectivity index (χ0) is 18.9. The fourth-order valence-corrected chi connectivity index (χ4v) is 4.33. The molecule has 0 spiro atoms. The molecule has 0 radical (unpaired) electrons. The first-order valence-corrected chi connectivity index (χ1v) is 9.78. The lowest BCUT2D eigenvalue weighted by atomic mass is 10.2. The number of carbonyl (C=O) groups is 1. The smallest absolute Gasteiger partial charge is 0.374 e. The molecule has 0 fully saturated rings. The molecule has 1 aromatic rings. The number of hydrogen-bond donors (Lipinski definition) is 0. The van der Waals surface area contributed by atoms with Crippen LogP contribution in [0.25, 0.3) is 0 Å². The Balaban J connectivity index is 3.21. The molecule has 0 aliphatic rings. The Labute approximate surface area is 148 Å². The highest BCUT2D eigenvalue weighted by Gasteiger charge is 2.41. The van der Waals surface area contributed by atoms with E-state index in [0.29, 0.717) is 0 Å². The normalized spacial score (nSPS) is 13.2. The lowest BCUT2D eigenvalue weighted by Crippen LogP contribution is -2.19. The lowest BCUT2D eigenvalue weighted by Gasteiger charge is -2.27. The predicted molar refractivity (Wildman–Crippen MR) is 90.7 cm³/mol. The topological polar surface area (TPSA) is 93.4 Å². The summed E-state index contributed by atoms with van der Waals surface area (Å²) in [6.07, 6.45) is -0.476. The molecule has 0 bridgehead atoms. The highest BCUT2D eigenvalue weighted by molar-refractivity contribution is 7.54. The number of methoxy groups -OCH3 is 2. The van der Waals surface area contributed by atoms with Gasteiger partial charge in [0, 0.05) is 20.6 Å². The van der Waals surface area contributed by atoms with E-state index in [1.807, 2.05) is 0 Å². The maximum Gasteiger partial charge on any atom is 0.374 e. The van der Waals surface area contributed by atoms with E-state index in [2.05, 4.69) is 0 Å². The zero-order valence-corrected chi connectivity index (χ0v) is 16.2. The lowest BCUT2D eigenvalue weighted by molar-refractivity contribution is -0.108. The minimum Gasteiger partial charge on any atom is -0.460 e. The molecule has 1 heterocycles. The third-order valence-corrected chi connectivity index (χ3v) is 5.84. The second-order valence-electron chi connectivity index (χ2n) is 4.95. The Morgan fingerprint density at radius 1 is 1.08 bits per heavy atom. The number of ether oxygens (including phenoxy) is 3. The molecule has 0 aromatic carbocycles. The van der Waals surface area contributed by atoms with Gasteiger partial charge in [-0.15, -0.1) is 0 Å². The fourth-order valence-electron chi connectivity index (χ4n) is 2.29. The number of carbonyl (C=O) groups excluding carboxylic acids is 1. The largest absolute Gasteiger partial charge is 0.460 e. The predicted octanol–water partition coefficient (Wildman–Crippen LogP) is 3.77. The van der Waals surface area contributed by atoms with Crippen LogP contribution in [0.2, 0.25) is 0 Å². The third-order valence-electron chi connectivity index (χ3n) is 3.37. The van der Waals surface area contributed by atoms with Gasteiger partial charge in [0.15, 0.2) is 6.29 Å². The molecule has 8 nitrogen and oxygen atoms in total. The minimum absolute atomic E-state index is 0.0211. The second-order valence-corrected chi connectivity index (χ2v) is 7.17. The van der Waals surface area contributed by atoms with Gasteiger partial charge in [0.1, 0.15) is 11.4 Å². The Hall–Kier alpha value is -1.18. The molecule has 9 heteroatoms. The van der Waals surface area contributed by atoms with Crippen molar-refractivity contribution in [2.45, 2.75) is 39.1 Å². The van der Waals surface area contributed by atoms with Crippen LogP contribution in [0.3, 0.4) is 0 Å². The van der Waals surface area contributed by atoms with Crippen molar-refractivity contribution in [2.75, 3.05) is 34.0 Å². The van der Waals surface area contributed by atoms with Gasteiger partial charge in [0.2, 0.25) is 5.76 Å². The van der Waals surface area contributed by atoms with Gasteiger partial charge < -0.3 is 27.7 Å². The van der Waals surface area contributed by atoms with E-state index < -0.39 is 25.5 Å². The van der Waals surface area contributed by atoms with E-state index in [0.717, 1.165) is 0 Å². The van der Waals surface area contributed by atoms with Crippen LogP contribution in [0.5, 0.6) is 0 Å². The van der Waals surface area contributed by atoms with Gasteiger partial charge >= 0.3 is 13.6 Å². The molecule has 1 rings (SSSR count). The molecule has 0 N–H and O–H groups in total. The summed E-state index contributed by atoms with van der Waals surface area (Å²) in [5, 5.41) is 0. The van der Waals surface area contributed by atoms with E-state index in [1.54, 1.807) is 26.8 Å². The molecule has 144 valence electrons. The van der Waals surface area contributed by atoms with E-state index in [-0.39, 0.29) is 37.8 Å². The van der Waals surface area contributed by atoms with Crippen LogP contribution >= 0.6 is 7.60 Å². The average molecular weight is 378 g/mol. The van der Waals surface area contributed by atoms with E-state index >= 15 is 0 Å². The van der Waals surface area contributed by atoms with Crippen LogP contribution in [0.15, 0.2) is 16.5 Å². The number of hydrogen-bond acceptors (Lipinski definition) is 8. The quantitative estimate of drug-likeness (QED) is 0.308. The fraction of sp³-hybridized carbons (Fsp3) is 0.688. The molecule has 0 aliphatic carbocycles. The molecular formula is C16H27O8P. The summed E-state index contributed by atoms with van der Waals surface area (Å²) in [7, 11) is -0.618. The van der Waals surface area contributed by atoms with Gasteiger partial charge in [-0.25, -0.2) is 4.79 Å². The molecule has 0 saturated carbocycles. The highest BCUT2D eigenvalue weighted by atomic mass is 31.2. The Bertz CT molecular complexity index is 556. The van der Waals surface area contributed by atoms with Crippen molar-refractivity contribution in [3.63, 3.8) is 0 Å². The summed E-state index contributed by atoms with van der Waals surface area (Å²) in [4.78, 5) is 11.8. The molecule has 1 unspecified atom stereocenters. The van der Waals surface area contributed by atoms with Crippen LogP contribution in [0.4, 0.5) is 0 Å². The first-order valence-electron chi connectivity index (χ1n) is 8.16. The average Bonchev–Trinajstić information content (AvgIpc) is 3.06. The summed E-state index contributed by atoms with van der Waals surface area (Å²) < 4.78 is 45.0. The third kappa shape index (κ3) is 5.94. The Morgan fingerprint density at radius 2 is 1.68 bits per heavy atom. The first-order chi connectivity index (χ1) is 11.9. The molecule has 0 saturated heterocycles. The summed E-state index contributed by atoms with van der Waals surface area (Å²) in [6.45, 7) is 5.76. The molecule has 1 aromatic heterocycles. The Kier molecular flexibility index (Phi) is 9.38. The Morgan fingerprint density at radius 3 is 2.16 bits per heavy atom. The van der Waals surface area contributed by atoms with Crippen molar-refractivity contribution in [1.82, 2.24) is 0 Å². The van der Waals surface area contributed by atoms with Gasteiger partial charge in [-0.2, -0.15) is 0 Å². The number of rotatable bonds is 12. The van der Waals surface area contributed by atoms with Crippen LogP contribution in [-0.4, -0.2) is 46.3 Å². The molecule has 0 aliphatic heterocycles. The summed E-state index contributed by atoms with van der Waals surface area (Å²) in [6, 6.07) is 3.03. The molecule has 0 amide bonds. The molecule has 25 heavy (non-hydrogen) atoms. The van der Waals surface area contributed by atoms with Gasteiger partial charge in [-0.05, 0) is 32.9 Å². The standard InChI is InChI=1S/C16H27O8P/c1-6-21-16(17)13-10-9-12(24-13)14(11-15(19-4)20-5)25(18,22-7-2)23-8-3/h9-10,14-15H,6-8,11H2,1-5H3. The zero-order valence-electron chi connectivity index (χ0n) is 15.4. The van der Waals surface area contributed by atoms with Crippen LogP contribution < -0.4 is 0 Å². The van der Waals surface area contributed by atoms with Gasteiger partial charge in [0.05, 0.1) is 19.8 Å². The van der Waals surface area contributed by atoms with E-state index in [9.17, 15) is 9.36 Å². The SMILES string of the molecule is CCOC(=O)c1ccc(C(CC(OC)OC)P(=O)(OCC)OCC)o1. The van der Waals surface area contributed by atoms with Gasteiger partial charge in [-0.1, -0.05) is 0 Å². The van der Waals surface area contributed by atoms with Crippen molar-refractivity contribution < 1.29 is 37.0 Å². The number of furan rings is 1. The van der Waals surface area contributed by atoms with Crippen LogP contribution in [0, 0.1) is 0 Å². The van der Waals surface area contributed by atoms with E-state index in [4.69, 9.17) is 27.7 Å². The first kappa shape index (κ1) is 21.9. The van der Waals surface area contributed by atoms with Crippen molar-refractivity contribution in [2.24, 2.45) is 0 Å². The highest BCUT2D eigenvalue weighted by Crippen LogP contribution is 2.63. The van der Waals surface area contributed by atoms with Crippen molar-refractivity contribution >= 4 is 13.6 Å².